The third-order valence-electron chi connectivity index (χ3n) is 5.64. The molecule has 3 heterocycles. The highest BCUT2D eigenvalue weighted by atomic mass is 32.2. The number of hydrogen-bond donors (Lipinski definition) is 1. The molecule has 2 fully saturated rings. The number of carbonyl (C=O) groups excluding carboxylic acids is 2. The van der Waals surface area contributed by atoms with Gasteiger partial charge in [-0.25, -0.2) is 13.2 Å². The third kappa shape index (κ3) is 4.82. The molecule has 2 atom stereocenters. The molecule has 0 radical (unpaired) electrons. The van der Waals surface area contributed by atoms with Crippen LogP contribution in [0.2, 0.25) is 0 Å². The van der Waals surface area contributed by atoms with Crippen molar-refractivity contribution in [1.29, 1.82) is 0 Å². The smallest absolute Gasteiger partial charge is 0.409 e. The van der Waals surface area contributed by atoms with Gasteiger partial charge in [0.25, 0.3) is 5.91 Å². The Morgan fingerprint density at radius 3 is 2.58 bits per heavy atom. The number of benzene rings is 1. The Morgan fingerprint density at radius 2 is 1.90 bits per heavy atom. The summed E-state index contributed by atoms with van der Waals surface area (Å²) in [5.74, 6) is 0.174. The van der Waals surface area contributed by atoms with Crippen molar-refractivity contribution in [3.8, 4) is 0 Å². The van der Waals surface area contributed by atoms with Gasteiger partial charge in [-0.1, -0.05) is 17.8 Å². The Labute approximate surface area is 186 Å². The van der Waals surface area contributed by atoms with Crippen LogP contribution in [0.1, 0.15) is 22.8 Å². The summed E-state index contributed by atoms with van der Waals surface area (Å²) < 4.78 is 28.5. The highest BCUT2D eigenvalue weighted by molar-refractivity contribution is 8.15. The number of rotatable bonds is 3. The lowest BCUT2D eigenvalue weighted by Crippen LogP contribution is -2.50. The lowest BCUT2D eigenvalue weighted by Gasteiger charge is -2.34. The molecule has 0 saturated carbocycles. The molecule has 0 unspecified atom stereocenters. The number of aryl methyl sites for hydroxylation is 1. The summed E-state index contributed by atoms with van der Waals surface area (Å²) in [6.45, 7) is 5.84. The van der Waals surface area contributed by atoms with Gasteiger partial charge in [-0.05, 0) is 31.5 Å². The first kappa shape index (κ1) is 21.9. The zero-order valence-corrected chi connectivity index (χ0v) is 19.2. The Kier molecular flexibility index (Phi) is 6.16. The van der Waals surface area contributed by atoms with E-state index >= 15 is 0 Å². The number of aliphatic imine (C=N–C) groups is 1. The molecule has 1 aromatic carbocycles. The zero-order valence-electron chi connectivity index (χ0n) is 17.5. The van der Waals surface area contributed by atoms with Crippen molar-refractivity contribution in [2.24, 2.45) is 4.99 Å². The highest BCUT2D eigenvalue weighted by Gasteiger charge is 2.42. The second-order valence-corrected chi connectivity index (χ2v) is 11.2. The Morgan fingerprint density at radius 1 is 1.19 bits per heavy atom. The van der Waals surface area contributed by atoms with Crippen LogP contribution < -0.4 is 5.32 Å². The largest absolute Gasteiger partial charge is 0.450 e. The van der Waals surface area contributed by atoms with Gasteiger partial charge < -0.3 is 19.9 Å². The van der Waals surface area contributed by atoms with Gasteiger partial charge >= 0.3 is 6.09 Å². The monoisotopic (exact) mass is 466 g/mol. The second-order valence-electron chi connectivity index (χ2n) is 7.87. The molecule has 3 aliphatic heterocycles. The van der Waals surface area contributed by atoms with E-state index in [1.165, 1.54) is 11.8 Å². The molecule has 9 nitrogen and oxygen atoms in total. The normalized spacial score (nSPS) is 24.5. The Balaban J connectivity index is 1.40. The molecule has 2 amide bonds. The number of thioether (sulfide) groups is 1. The number of fused-ring (bicyclic) bond motifs is 1. The topological polar surface area (TPSA) is 108 Å². The third-order valence-corrected chi connectivity index (χ3v) is 8.78. The van der Waals surface area contributed by atoms with Crippen LogP contribution in [0.5, 0.6) is 0 Å². The zero-order chi connectivity index (χ0) is 22.2. The number of amides is 2. The molecule has 168 valence electrons. The van der Waals surface area contributed by atoms with Crippen molar-refractivity contribution >= 4 is 44.5 Å². The van der Waals surface area contributed by atoms with Crippen molar-refractivity contribution in [1.82, 2.24) is 9.80 Å². The number of nitrogens with one attached hydrogen (secondary N) is 1. The minimum atomic E-state index is -2.99. The summed E-state index contributed by atoms with van der Waals surface area (Å²) in [5, 5.41) is 3.94. The molecule has 0 aromatic heterocycles. The van der Waals surface area contributed by atoms with Gasteiger partial charge in [-0.2, -0.15) is 0 Å². The first-order valence-corrected chi connectivity index (χ1v) is 13.0. The summed E-state index contributed by atoms with van der Waals surface area (Å²) in [5.41, 5.74) is 2.31. The van der Waals surface area contributed by atoms with Gasteiger partial charge in [0.2, 0.25) is 0 Å². The number of piperazine rings is 1. The molecule has 1 aromatic rings. The average Bonchev–Trinajstić information content (AvgIpc) is 3.22. The van der Waals surface area contributed by atoms with E-state index in [2.05, 4.69) is 10.3 Å². The van der Waals surface area contributed by atoms with Gasteiger partial charge in [0, 0.05) is 42.7 Å². The number of ether oxygens (including phenoxy) is 1. The van der Waals surface area contributed by atoms with E-state index in [1.54, 1.807) is 22.8 Å². The number of nitrogens with zero attached hydrogens (tertiary/aromatic N) is 3. The fourth-order valence-electron chi connectivity index (χ4n) is 3.91. The van der Waals surface area contributed by atoms with E-state index in [0.717, 1.165) is 11.3 Å². The maximum Gasteiger partial charge on any atom is 0.409 e. The van der Waals surface area contributed by atoms with Crippen LogP contribution in [0.4, 0.5) is 10.5 Å². The lowest BCUT2D eigenvalue weighted by atomic mass is 10.1. The number of sulfone groups is 1. The molecule has 4 rings (SSSR count). The van der Waals surface area contributed by atoms with Crippen LogP contribution in [-0.2, 0) is 14.6 Å². The number of amidine groups is 1. The highest BCUT2D eigenvalue weighted by Crippen LogP contribution is 2.35. The molecule has 3 aliphatic rings. The van der Waals surface area contributed by atoms with E-state index in [9.17, 15) is 18.0 Å². The van der Waals surface area contributed by atoms with Crippen molar-refractivity contribution in [2.45, 2.75) is 25.1 Å². The molecular formula is C20H26N4O5S2. The lowest BCUT2D eigenvalue weighted by molar-refractivity contribution is 0.0570. The molecule has 0 aliphatic carbocycles. The van der Waals surface area contributed by atoms with Crippen LogP contribution in [0.3, 0.4) is 0 Å². The minimum absolute atomic E-state index is 0.0340. The summed E-state index contributed by atoms with van der Waals surface area (Å²) in [6.07, 6.45) is -0.344. The average molecular weight is 467 g/mol. The summed E-state index contributed by atoms with van der Waals surface area (Å²) in [7, 11) is -2.99. The van der Waals surface area contributed by atoms with E-state index in [1.807, 2.05) is 19.1 Å². The van der Waals surface area contributed by atoms with Gasteiger partial charge in [-0.3, -0.25) is 9.79 Å². The van der Waals surface area contributed by atoms with Crippen LogP contribution in [-0.4, -0.2) is 91.0 Å². The number of carbonyl (C=O) groups is 2. The fourth-order valence-corrected chi connectivity index (χ4v) is 7.58. The molecule has 31 heavy (non-hydrogen) atoms. The van der Waals surface area contributed by atoms with E-state index in [0.29, 0.717) is 43.5 Å². The van der Waals surface area contributed by atoms with Crippen LogP contribution in [0, 0.1) is 6.92 Å². The molecule has 0 spiro atoms. The van der Waals surface area contributed by atoms with Crippen molar-refractivity contribution in [3.05, 3.63) is 29.3 Å². The fraction of sp³-hybridized carbons (Fsp3) is 0.550. The standard InChI is InChI=1S/C20H26N4O5S2/c1-3-29-20(26)24-8-6-23(7-9-24)18(25)14-5-4-13(2)15(10-14)21-19-22-16-11-31(27,28)12-17(16)30-19/h4-5,10,16-17H,3,6-9,11-12H2,1-2H3,(H,21,22)/t16-,17-/m1/s1. The quantitative estimate of drug-likeness (QED) is 0.721. The molecule has 1 N–H and O–H groups in total. The van der Waals surface area contributed by atoms with E-state index in [4.69, 9.17) is 4.74 Å². The first-order chi connectivity index (χ1) is 14.8. The number of anilines is 1. The summed E-state index contributed by atoms with van der Waals surface area (Å²) in [6, 6.07) is 5.29. The van der Waals surface area contributed by atoms with Crippen LogP contribution in [0.15, 0.2) is 23.2 Å². The second kappa shape index (κ2) is 8.70. The predicted molar refractivity (Wildman–Crippen MR) is 121 cm³/mol. The first-order valence-electron chi connectivity index (χ1n) is 10.3. The molecule has 11 heteroatoms. The molecule has 0 bridgehead atoms. The van der Waals surface area contributed by atoms with Gasteiger partial charge in [0.05, 0.1) is 24.2 Å². The van der Waals surface area contributed by atoms with Crippen molar-refractivity contribution < 1.29 is 22.7 Å². The number of hydrogen-bond acceptors (Lipinski definition) is 8. The van der Waals surface area contributed by atoms with Crippen LogP contribution in [0.25, 0.3) is 0 Å². The minimum Gasteiger partial charge on any atom is -0.450 e. The molecule has 2 saturated heterocycles. The van der Waals surface area contributed by atoms with Gasteiger partial charge in [0.15, 0.2) is 15.0 Å². The van der Waals surface area contributed by atoms with Crippen molar-refractivity contribution in [2.75, 3.05) is 49.6 Å². The SMILES string of the molecule is CCOC(=O)N1CCN(C(=O)c2ccc(C)c(NC3=N[C@@H]4CS(=O)(=O)C[C@H]4S3)c2)CC1. The maximum absolute atomic E-state index is 13.0. The summed E-state index contributed by atoms with van der Waals surface area (Å²) >= 11 is 1.45. The van der Waals surface area contributed by atoms with Gasteiger partial charge in [-0.15, -0.1) is 0 Å². The van der Waals surface area contributed by atoms with Gasteiger partial charge in [0.1, 0.15) is 0 Å². The maximum atomic E-state index is 13.0. The van der Waals surface area contributed by atoms with E-state index in [-0.39, 0.29) is 34.8 Å². The Hall–Kier alpha value is -2.27. The van der Waals surface area contributed by atoms with Crippen molar-refractivity contribution in [3.63, 3.8) is 0 Å². The van der Waals surface area contributed by atoms with E-state index < -0.39 is 9.84 Å². The molecular weight excluding hydrogens is 440 g/mol. The van der Waals surface area contributed by atoms with Crippen LogP contribution >= 0.6 is 11.8 Å². The predicted octanol–water partition coefficient (Wildman–Crippen LogP) is 1.59. The Bertz CT molecular complexity index is 1020. The summed E-state index contributed by atoms with van der Waals surface area (Å²) in [4.78, 5) is 32.7.